The van der Waals surface area contributed by atoms with E-state index in [9.17, 15) is 4.79 Å². The second-order valence-electron chi connectivity index (χ2n) is 5.42. The van der Waals surface area contributed by atoms with Gasteiger partial charge >= 0.3 is 0 Å². The Balaban J connectivity index is 1.84. The van der Waals surface area contributed by atoms with Gasteiger partial charge in [-0.2, -0.15) is 0 Å². The molecule has 1 heterocycles. The average Bonchev–Trinajstić information content (AvgIpc) is 2.69. The van der Waals surface area contributed by atoms with Crippen LogP contribution in [0.3, 0.4) is 0 Å². The summed E-state index contributed by atoms with van der Waals surface area (Å²) in [6.45, 7) is 2.13. The van der Waals surface area contributed by atoms with E-state index in [1.165, 1.54) is 0 Å². The number of rotatable bonds is 8. The van der Waals surface area contributed by atoms with Crippen molar-refractivity contribution < 1.29 is 4.74 Å². The normalized spacial score (nSPS) is 10.5. The first-order chi connectivity index (χ1) is 12.8. The molecular weight excluding hydrogens is 348 g/mol. The summed E-state index contributed by atoms with van der Waals surface area (Å²) in [5.41, 5.74) is 0.934. The third kappa shape index (κ3) is 4.64. The highest BCUT2D eigenvalue weighted by atomic mass is 32.2. The third-order valence-electron chi connectivity index (χ3n) is 3.59. The first kappa shape index (κ1) is 18.0. The zero-order valence-electron chi connectivity index (χ0n) is 14.5. The maximum atomic E-state index is 12.8. The largest absolute Gasteiger partial charge is 0.487 e. The molecule has 0 unspecified atom stereocenters. The number of para-hydroxylation sites is 2. The van der Waals surface area contributed by atoms with Crippen LogP contribution in [0.1, 0.15) is 12.6 Å². The molecule has 3 rings (SSSR count). The van der Waals surface area contributed by atoms with Crippen LogP contribution in [0.2, 0.25) is 0 Å². The molecule has 0 spiro atoms. The Bertz CT molecular complexity index is 885. The second kappa shape index (κ2) is 9.05. The van der Waals surface area contributed by atoms with E-state index in [1.54, 1.807) is 16.3 Å². The van der Waals surface area contributed by atoms with E-state index in [1.807, 2.05) is 67.6 Å². The Kier molecular flexibility index (Phi) is 6.27. The monoisotopic (exact) mass is 368 g/mol. The van der Waals surface area contributed by atoms with Gasteiger partial charge < -0.3 is 10.1 Å². The highest BCUT2D eigenvalue weighted by Gasteiger charge is 2.13. The predicted octanol–water partition coefficient (Wildman–Crippen LogP) is 3.67. The number of hydrogen-bond donors (Lipinski definition) is 1. The topological polar surface area (TPSA) is 69.0 Å². The summed E-state index contributed by atoms with van der Waals surface area (Å²) >= 11 is 1.64. The van der Waals surface area contributed by atoms with E-state index in [2.05, 4.69) is 15.5 Å². The van der Waals surface area contributed by atoms with Crippen molar-refractivity contribution in [3.8, 4) is 5.75 Å². The number of benzene rings is 2. The molecule has 0 aliphatic heterocycles. The van der Waals surface area contributed by atoms with Crippen LogP contribution in [0.5, 0.6) is 5.75 Å². The Morgan fingerprint density at radius 2 is 1.73 bits per heavy atom. The zero-order valence-corrected chi connectivity index (χ0v) is 15.3. The number of hydrogen-bond acceptors (Lipinski definition) is 6. The van der Waals surface area contributed by atoms with Gasteiger partial charge in [-0.15, -0.1) is 22.0 Å². The van der Waals surface area contributed by atoms with Gasteiger partial charge in [0.05, 0.1) is 5.88 Å². The summed E-state index contributed by atoms with van der Waals surface area (Å²) in [5, 5.41) is 11.4. The molecule has 0 atom stereocenters. The molecule has 7 heteroatoms. The molecular formula is C19H20N4O2S. The van der Waals surface area contributed by atoms with E-state index in [-0.39, 0.29) is 17.9 Å². The number of aromatic nitrogens is 3. The van der Waals surface area contributed by atoms with Crippen molar-refractivity contribution in [1.82, 2.24) is 14.8 Å². The van der Waals surface area contributed by atoms with Crippen molar-refractivity contribution in [2.75, 3.05) is 11.1 Å². The molecule has 0 saturated heterocycles. The van der Waals surface area contributed by atoms with Gasteiger partial charge in [-0.3, -0.25) is 9.36 Å². The Hall–Kier alpha value is -2.80. The van der Waals surface area contributed by atoms with Crippen molar-refractivity contribution in [2.45, 2.75) is 19.4 Å². The Morgan fingerprint density at radius 3 is 2.42 bits per heavy atom. The summed E-state index contributed by atoms with van der Waals surface area (Å²) in [5.74, 6) is 2.51. The minimum atomic E-state index is -0.199. The zero-order chi connectivity index (χ0) is 18.2. The molecule has 0 radical (unpaired) electrons. The van der Waals surface area contributed by atoms with Crippen molar-refractivity contribution >= 4 is 23.4 Å². The predicted molar refractivity (Wildman–Crippen MR) is 105 cm³/mol. The summed E-state index contributed by atoms with van der Waals surface area (Å²) in [7, 11) is 0. The fourth-order valence-corrected chi connectivity index (χ4v) is 2.87. The number of nitrogens with zero attached hydrogens (tertiary/aromatic N) is 3. The minimum absolute atomic E-state index is 0.0816. The summed E-state index contributed by atoms with van der Waals surface area (Å²) in [6.07, 6.45) is 0. The average molecular weight is 368 g/mol. The van der Waals surface area contributed by atoms with E-state index in [0.29, 0.717) is 17.6 Å². The molecule has 0 bridgehead atoms. The molecule has 0 saturated carbocycles. The first-order valence-corrected chi connectivity index (χ1v) is 9.47. The maximum Gasteiger partial charge on any atom is 0.281 e. The molecule has 0 aliphatic carbocycles. The van der Waals surface area contributed by atoms with Crippen LogP contribution >= 0.6 is 11.8 Å². The van der Waals surface area contributed by atoms with Crippen LogP contribution in [-0.4, -0.2) is 20.5 Å². The van der Waals surface area contributed by atoms with Gasteiger partial charge in [-0.05, 0) is 30.0 Å². The quantitative estimate of drug-likeness (QED) is 0.654. The van der Waals surface area contributed by atoms with Crippen LogP contribution in [0.4, 0.5) is 11.6 Å². The second-order valence-corrected chi connectivity index (χ2v) is 6.66. The summed E-state index contributed by atoms with van der Waals surface area (Å²) < 4.78 is 7.24. The summed E-state index contributed by atoms with van der Waals surface area (Å²) in [4.78, 5) is 12.8. The molecule has 1 aromatic heterocycles. The van der Waals surface area contributed by atoms with Crippen LogP contribution in [0.15, 0.2) is 65.5 Å². The lowest BCUT2D eigenvalue weighted by Crippen LogP contribution is -2.29. The van der Waals surface area contributed by atoms with Crippen molar-refractivity contribution in [3.63, 3.8) is 0 Å². The van der Waals surface area contributed by atoms with E-state index >= 15 is 0 Å². The van der Waals surface area contributed by atoms with Crippen LogP contribution < -0.4 is 15.6 Å². The van der Waals surface area contributed by atoms with Gasteiger partial charge in [-0.1, -0.05) is 43.3 Å². The highest BCUT2D eigenvalue weighted by Crippen LogP contribution is 2.15. The molecule has 6 nitrogen and oxygen atoms in total. The molecule has 3 aromatic rings. The van der Waals surface area contributed by atoms with Crippen molar-refractivity contribution in [2.24, 2.45) is 0 Å². The SMILES string of the molecule is CCSCn1c(Nc2ccccc2)nnc(COc2ccccc2)c1=O. The lowest BCUT2D eigenvalue weighted by Gasteiger charge is -2.14. The molecule has 134 valence electrons. The minimum Gasteiger partial charge on any atom is -0.487 e. The van der Waals surface area contributed by atoms with Crippen molar-refractivity contribution in [3.05, 3.63) is 76.7 Å². The lowest BCUT2D eigenvalue weighted by molar-refractivity contribution is 0.296. The van der Waals surface area contributed by atoms with E-state index in [4.69, 9.17) is 4.74 Å². The Labute approximate surface area is 156 Å². The van der Waals surface area contributed by atoms with Crippen LogP contribution in [-0.2, 0) is 12.5 Å². The standard InChI is InChI=1S/C19H20N4O2S/c1-2-26-14-23-18(24)17(13-25-16-11-7-4-8-12-16)21-22-19(23)20-15-9-5-3-6-10-15/h3-12H,2,13-14H2,1H3,(H,20,22). The van der Waals surface area contributed by atoms with Gasteiger partial charge in [0.1, 0.15) is 12.4 Å². The number of anilines is 2. The number of ether oxygens (including phenoxy) is 1. The fourth-order valence-electron chi connectivity index (χ4n) is 2.26. The van der Waals surface area contributed by atoms with Gasteiger partial charge in [0, 0.05) is 5.69 Å². The van der Waals surface area contributed by atoms with Gasteiger partial charge in [-0.25, -0.2) is 0 Å². The van der Waals surface area contributed by atoms with Gasteiger partial charge in [0.2, 0.25) is 5.95 Å². The Morgan fingerprint density at radius 1 is 1.04 bits per heavy atom. The fraction of sp³-hybridized carbons (Fsp3) is 0.211. The highest BCUT2D eigenvalue weighted by molar-refractivity contribution is 7.98. The van der Waals surface area contributed by atoms with Gasteiger partial charge in [0.25, 0.3) is 5.56 Å². The molecule has 0 amide bonds. The molecule has 0 fully saturated rings. The lowest BCUT2D eigenvalue weighted by atomic mass is 10.3. The third-order valence-corrected chi connectivity index (χ3v) is 4.44. The number of nitrogens with one attached hydrogen (secondary N) is 1. The molecule has 26 heavy (non-hydrogen) atoms. The summed E-state index contributed by atoms with van der Waals surface area (Å²) in [6, 6.07) is 18.9. The smallest absolute Gasteiger partial charge is 0.281 e. The van der Waals surface area contributed by atoms with E-state index in [0.717, 1.165) is 11.4 Å². The van der Waals surface area contributed by atoms with Crippen LogP contribution in [0, 0.1) is 0 Å². The first-order valence-electron chi connectivity index (χ1n) is 8.32. The van der Waals surface area contributed by atoms with Gasteiger partial charge in [0.15, 0.2) is 5.69 Å². The molecule has 2 aromatic carbocycles. The van der Waals surface area contributed by atoms with Crippen LogP contribution in [0.25, 0.3) is 0 Å². The number of thioether (sulfide) groups is 1. The maximum absolute atomic E-state index is 12.8. The van der Waals surface area contributed by atoms with Crippen molar-refractivity contribution in [1.29, 1.82) is 0 Å². The van der Waals surface area contributed by atoms with E-state index < -0.39 is 0 Å². The molecule has 1 N–H and O–H groups in total. The molecule has 0 aliphatic rings.